The van der Waals surface area contributed by atoms with E-state index in [0.29, 0.717) is 0 Å². The summed E-state index contributed by atoms with van der Waals surface area (Å²) >= 11 is 0. The van der Waals surface area contributed by atoms with Gasteiger partial charge in [0.2, 0.25) is 0 Å². The van der Waals surface area contributed by atoms with Crippen molar-refractivity contribution in [1.82, 2.24) is 0 Å². The first-order valence-corrected chi connectivity index (χ1v) is 4.55. The largest absolute Gasteiger partial charge is 1.00 e. The van der Waals surface area contributed by atoms with Gasteiger partial charge in [0, 0.05) is 0 Å². The van der Waals surface area contributed by atoms with Gasteiger partial charge in [-0.2, -0.15) is 0 Å². The second-order valence-electron chi connectivity index (χ2n) is 1.04. The average molecular weight is 282 g/mol. The van der Waals surface area contributed by atoms with Gasteiger partial charge in [0.05, 0.1) is 0 Å². The van der Waals surface area contributed by atoms with Crippen molar-refractivity contribution in [2.75, 3.05) is 0 Å². The summed E-state index contributed by atoms with van der Waals surface area (Å²) in [5.41, 5.74) is 0. The second-order valence-corrected chi connectivity index (χ2v) is 3.13. The third-order valence-electron chi connectivity index (χ3n) is 0.216. The van der Waals surface area contributed by atoms with Crippen LogP contribution in [0, 0.1) is 0 Å². The zero-order valence-corrected chi connectivity index (χ0v) is 17.9. The van der Waals surface area contributed by atoms with Gasteiger partial charge in [0.15, 0.2) is 0 Å². The van der Waals surface area contributed by atoms with Crippen molar-refractivity contribution in [2.24, 2.45) is 0 Å². The first-order valence-electron chi connectivity index (χ1n) is 1.63. The van der Waals surface area contributed by atoms with E-state index in [1.807, 2.05) is 0 Å². The molecule has 0 atom stereocenters. The molecule has 0 amide bonds. The predicted octanol–water partition coefficient (Wildman–Crippen LogP) is -15.4. The second kappa shape index (κ2) is 13.6. The van der Waals surface area contributed by atoms with Crippen molar-refractivity contribution in [3.8, 4) is 0 Å². The molecule has 0 fully saturated rings. The fraction of sp³-hybridized carbons (Fsp3) is 0. The van der Waals surface area contributed by atoms with E-state index in [1.54, 1.807) is 0 Å². The molecule has 0 bridgehead atoms. The molecule has 0 aliphatic heterocycles. The van der Waals surface area contributed by atoms with Gasteiger partial charge in [0.1, 0.15) is 15.6 Å². The smallest absolute Gasteiger partial charge is 0.788 e. The number of rotatable bonds is 3. The molecule has 8 nitrogen and oxygen atoms in total. The van der Waals surface area contributed by atoms with Gasteiger partial charge in [-0.3, -0.25) is 0 Å². The van der Waals surface area contributed by atoms with Crippen LogP contribution in [0.2, 0.25) is 0 Å². The van der Waals surface area contributed by atoms with Gasteiger partial charge < -0.3 is 28.7 Å². The molecule has 0 aliphatic rings. The molecule has 14 heavy (non-hydrogen) atoms. The number of hydrogen-bond donors (Lipinski definition) is 0. The molecule has 0 spiro atoms. The Morgan fingerprint density at radius 2 is 0.786 bits per heavy atom. The summed E-state index contributed by atoms with van der Waals surface area (Å²) in [7, 11) is -11.1. The van der Waals surface area contributed by atoms with Crippen molar-refractivity contribution >= 4 is 15.6 Å². The van der Waals surface area contributed by atoms with E-state index in [1.165, 1.54) is 0 Å². The Bertz CT molecular complexity index is 170. The standard InChI is InChI=1S/4Na.H4O8P2/c;;;;1-9(2,3)7-8-10(4,5)6/h;;;;(H2,1,2,3)(H2,4,5,6)/q4*+1;/p-4. The van der Waals surface area contributed by atoms with E-state index in [-0.39, 0.29) is 118 Å². The van der Waals surface area contributed by atoms with Crippen LogP contribution in [0.15, 0.2) is 0 Å². The summed E-state index contributed by atoms with van der Waals surface area (Å²) in [4.78, 5) is 37.6. The molecule has 0 radical (unpaired) electrons. The van der Waals surface area contributed by atoms with Gasteiger partial charge in [0.25, 0.3) is 0 Å². The molecule has 0 N–H and O–H groups in total. The molecular formula is Na4O8P2. The maximum atomic E-state index is 9.40. The van der Waals surface area contributed by atoms with E-state index in [9.17, 15) is 28.7 Å². The van der Waals surface area contributed by atoms with Crippen LogP contribution in [-0.2, 0) is 18.5 Å². The summed E-state index contributed by atoms with van der Waals surface area (Å²) in [6, 6.07) is 0. The summed E-state index contributed by atoms with van der Waals surface area (Å²) in [5.74, 6) is 0. The van der Waals surface area contributed by atoms with Crippen molar-refractivity contribution in [3.05, 3.63) is 0 Å². The average Bonchev–Trinajstić information content (AvgIpc) is 1.57. The van der Waals surface area contributed by atoms with Crippen molar-refractivity contribution in [1.29, 1.82) is 0 Å². The summed E-state index contributed by atoms with van der Waals surface area (Å²) in [6.45, 7) is 0. The van der Waals surface area contributed by atoms with Crippen LogP contribution in [0.5, 0.6) is 0 Å². The van der Waals surface area contributed by atoms with Crippen molar-refractivity contribution in [3.63, 3.8) is 0 Å². The minimum Gasteiger partial charge on any atom is -0.788 e. The number of phosphoric acid groups is 2. The van der Waals surface area contributed by atoms with Crippen LogP contribution in [0.25, 0.3) is 0 Å². The first-order chi connectivity index (χ1) is 4.21. The third kappa shape index (κ3) is 29.8. The molecule has 0 saturated carbocycles. The van der Waals surface area contributed by atoms with E-state index >= 15 is 0 Å². The fourth-order valence-corrected chi connectivity index (χ4v) is 0.735. The van der Waals surface area contributed by atoms with Crippen LogP contribution < -0.4 is 138 Å². The van der Waals surface area contributed by atoms with Crippen LogP contribution in [-0.4, -0.2) is 0 Å². The SMILES string of the molecule is O=P([O-])([O-])OOP(=O)([O-])[O-].[Na+].[Na+].[Na+].[Na+]. The molecule has 0 aromatic carbocycles. The minimum atomic E-state index is -5.56. The summed E-state index contributed by atoms with van der Waals surface area (Å²) < 4.78 is 24.1. The molecule has 0 aliphatic carbocycles. The molecule has 0 heterocycles. The summed E-state index contributed by atoms with van der Waals surface area (Å²) in [6.07, 6.45) is 0. The molecule has 0 saturated heterocycles. The zero-order valence-electron chi connectivity index (χ0n) is 8.16. The van der Waals surface area contributed by atoms with Crippen molar-refractivity contribution < 1.29 is 156 Å². The van der Waals surface area contributed by atoms with E-state index < -0.39 is 15.6 Å². The first kappa shape index (κ1) is 30.9. The van der Waals surface area contributed by atoms with Crippen molar-refractivity contribution in [2.45, 2.75) is 0 Å². The molecule has 0 rings (SSSR count). The maximum Gasteiger partial charge on any atom is 1.00 e. The molecule has 14 heteroatoms. The van der Waals surface area contributed by atoms with Crippen LogP contribution in [0.4, 0.5) is 0 Å². The molecule has 62 valence electrons. The quantitative estimate of drug-likeness (QED) is 0.214. The normalized spacial score (nSPS) is 9.71. The van der Waals surface area contributed by atoms with Gasteiger partial charge in [-0.1, -0.05) is 0 Å². The fourth-order valence-electron chi connectivity index (χ4n) is 0.0816. The predicted molar refractivity (Wildman–Crippen MR) is 17.4 cm³/mol. The summed E-state index contributed by atoms with van der Waals surface area (Å²) in [5, 5.41) is 0. The Morgan fingerprint density at radius 1 is 0.643 bits per heavy atom. The van der Waals surface area contributed by atoms with Gasteiger partial charge in [-0.05, 0) is 0 Å². The Hall–Kier alpha value is 4.22. The van der Waals surface area contributed by atoms with Crippen LogP contribution in [0.3, 0.4) is 0 Å². The minimum absolute atomic E-state index is 0. The van der Waals surface area contributed by atoms with E-state index in [0.717, 1.165) is 0 Å². The Morgan fingerprint density at radius 3 is 0.857 bits per heavy atom. The Labute approximate surface area is 168 Å². The molecular weight excluding hydrogens is 282 g/mol. The van der Waals surface area contributed by atoms with Gasteiger partial charge in [-0.15, -0.1) is 0 Å². The van der Waals surface area contributed by atoms with E-state index in [4.69, 9.17) is 0 Å². The zero-order chi connectivity index (χ0) is 8.41. The molecule has 0 aromatic rings. The van der Waals surface area contributed by atoms with Gasteiger partial charge >= 0.3 is 118 Å². The number of hydrogen-bond acceptors (Lipinski definition) is 8. The maximum absolute atomic E-state index is 9.40. The molecule has 0 aromatic heterocycles. The molecule has 0 unspecified atom stereocenters. The van der Waals surface area contributed by atoms with Gasteiger partial charge in [-0.25, -0.2) is 9.35 Å². The monoisotopic (exact) mass is 282 g/mol. The van der Waals surface area contributed by atoms with E-state index in [2.05, 4.69) is 9.35 Å². The third-order valence-corrected chi connectivity index (χ3v) is 0.848. The Kier molecular flexibility index (Phi) is 30.1. The van der Waals surface area contributed by atoms with Crippen LogP contribution in [0.1, 0.15) is 0 Å². The van der Waals surface area contributed by atoms with Crippen LogP contribution >= 0.6 is 15.6 Å². The Balaban J connectivity index is -0.0000000675. The topological polar surface area (TPSA) is 145 Å².